The van der Waals surface area contributed by atoms with Crippen LogP contribution >= 0.6 is 0 Å². The lowest BCUT2D eigenvalue weighted by Crippen LogP contribution is -2.30. The van der Waals surface area contributed by atoms with E-state index in [4.69, 9.17) is 14.6 Å². The number of aliphatic carboxylic acids is 1. The van der Waals surface area contributed by atoms with Crippen LogP contribution in [0.3, 0.4) is 0 Å². The molecule has 20 heavy (non-hydrogen) atoms. The van der Waals surface area contributed by atoms with Crippen LogP contribution in [-0.4, -0.2) is 35.3 Å². The molecular formula is C11H11F2NO6. The SMILES string of the molecule is CCOC(COc1cc(F)c([N+](=O)[O-])cc1F)C(=O)O. The molecule has 0 aliphatic carbocycles. The van der Waals surface area contributed by atoms with Gasteiger partial charge in [0.2, 0.25) is 5.82 Å². The van der Waals surface area contributed by atoms with Crippen LogP contribution in [0, 0.1) is 21.7 Å². The molecule has 110 valence electrons. The normalized spacial score (nSPS) is 11.9. The van der Waals surface area contributed by atoms with E-state index in [9.17, 15) is 23.7 Å². The quantitative estimate of drug-likeness (QED) is 0.607. The zero-order valence-corrected chi connectivity index (χ0v) is 10.3. The van der Waals surface area contributed by atoms with Crippen molar-refractivity contribution in [3.05, 3.63) is 33.9 Å². The molecule has 0 aliphatic heterocycles. The highest BCUT2D eigenvalue weighted by molar-refractivity contribution is 5.72. The van der Waals surface area contributed by atoms with E-state index >= 15 is 0 Å². The fourth-order valence-electron chi connectivity index (χ4n) is 1.33. The molecule has 0 bridgehead atoms. The van der Waals surface area contributed by atoms with E-state index in [1.165, 1.54) is 0 Å². The average Bonchev–Trinajstić information content (AvgIpc) is 2.36. The van der Waals surface area contributed by atoms with Gasteiger partial charge in [-0.15, -0.1) is 0 Å². The molecule has 1 atom stereocenters. The lowest BCUT2D eigenvalue weighted by atomic mass is 10.2. The highest BCUT2D eigenvalue weighted by atomic mass is 19.1. The van der Waals surface area contributed by atoms with Crippen LogP contribution in [0.1, 0.15) is 6.92 Å². The van der Waals surface area contributed by atoms with Crippen LogP contribution < -0.4 is 4.74 Å². The Morgan fingerprint density at radius 3 is 2.60 bits per heavy atom. The van der Waals surface area contributed by atoms with Gasteiger partial charge in [0.15, 0.2) is 17.7 Å². The van der Waals surface area contributed by atoms with Crippen LogP contribution in [0.25, 0.3) is 0 Å². The fraction of sp³-hybridized carbons (Fsp3) is 0.364. The maximum Gasteiger partial charge on any atom is 0.336 e. The number of hydrogen-bond acceptors (Lipinski definition) is 5. The highest BCUT2D eigenvalue weighted by Gasteiger charge is 2.22. The van der Waals surface area contributed by atoms with Crippen molar-refractivity contribution >= 4 is 11.7 Å². The topological polar surface area (TPSA) is 98.9 Å². The summed E-state index contributed by atoms with van der Waals surface area (Å²) in [5, 5.41) is 19.1. The van der Waals surface area contributed by atoms with Crippen LogP contribution in [0.2, 0.25) is 0 Å². The summed E-state index contributed by atoms with van der Waals surface area (Å²) >= 11 is 0. The Labute approximate surface area is 111 Å². The Kier molecular flexibility index (Phi) is 5.32. The maximum atomic E-state index is 13.4. The van der Waals surface area contributed by atoms with Gasteiger partial charge in [0, 0.05) is 12.7 Å². The number of halogens is 2. The minimum atomic E-state index is -1.35. The number of ether oxygens (including phenoxy) is 2. The largest absolute Gasteiger partial charge is 0.487 e. The summed E-state index contributed by atoms with van der Waals surface area (Å²) in [7, 11) is 0. The number of nitro benzene ring substituents is 1. The van der Waals surface area contributed by atoms with Gasteiger partial charge in [-0.1, -0.05) is 0 Å². The number of carbonyl (C=O) groups is 1. The van der Waals surface area contributed by atoms with Gasteiger partial charge in [-0.2, -0.15) is 4.39 Å². The van der Waals surface area contributed by atoms with Gasteiger partial charge in [-0.25, -0.2) is 9.18 Å². The van der Waals surface area contributed by atoms with Crippen molar-refractivity contribution in [1.82, 2.24) is 0 Å². The summed E-state index contributed by atoms with van der Waals surface area (Å²) in [6.45, 7) is 1.09. The Balaban J connectivity index is 2.85. The van der Waals surface area contributed by atoms with Crippen molar-refractivity contribution in [3.8, 4) is 5.75 Å². The molecule has 9 heteroatoms. The number of rotatable bonds is 7. The summed E-state index contributed by atoms with van der Waals surface area (Å²) in [4.78, 5) is 20.0. The third kappa shape index (κ3) is 3.85. The van der Waals surface area contributed by atoms with Gasteiger partial charge in [-0.05, 0) is 6.92 Å². The van der Waals surface area contributed by atoms with E-state index < -0.39 is 46.7 Å². The van der Waals surface area contributed by atoms with Gasteiger partial charge in [-0.3, -0.25) is 10.1 Å². The Morgan fingerprint density at radius 2 is 2.10 bits per heavy atom. The van der Waals surface area contributed by atoms with E-state index in [2.05, 4.69) is 0 Å². The number of nitrogens with zero attached hydrogens (tertiary/aromatic N) is 1. The van der Waals surface area contributed by atoms with Crippen LogP contribution in [0.15, 0.2) is 12.1 Å². The number of benzene rings is 1. The van der Waals surface area contributed by atoms with Crippen LogP contribution in [0.5, 0.6) is 5.75 Å². The monoisotopic (exact) mass is 291 g/mol. The molecule has 0 aliphatic rings. The first-order valence-corrected chi connectivity index (χ1v) is 5.47. The zero-order valence-electron chi connectivity index (χ0n) is 10.3. The number of carboxylic acids is 1. The lowest BCUT2D eigenvalue weighted by molar-refractivity contribution is -0.387. The minimum Gasteiger partial charge on any atom is -0.487 e. The van der Waals surface area contributed by atoms with Crippen LogP contribution in [0.4, 0.5) is 14.5 Å². The van der Waals surface area contributed by atoms with Gasteiger partial charge in [0.25, 0.3) is 0 Å². The van der Waals surface area contributed by atoms with Crippen LogP contribution in [-0.2, 0) is 9.53 Å². The van der Waals surface area contributed by atoms with E-state index in [-0.39, 0.29) is 6.61 Å². The predicted molar refractivity (Wildman–Crippen MR) is 61.6 cm³/mol. The van der Waals surface area contributed by atoms with Crippen molar-refractivity contribution in [2.75, 3.05) is 13.2 Å². The molecule has 0 saturated carbocycles. The summed E-state index contributed by atoms with van der Waals surface area (Å²) in [5.41, 5.74) is -1.03. The molecule has 0 radical (unpaired) electrons. The number of nitro groups is 1. The van der Waals surface area contributed by atoms with Crippen molar-refractivity contribution in [2.45, 2.75) is 13.0 Å². The molecule has 1 unspecified atom stereocenters. The summed E-state index contributed by atoms with van der Waals surface area (Å²) in [5.74, 6) is -4.40. The van der Waals surface area contributed by atoms with Crippen molar-refractivity contribution in [1.29, 1.82) is 0 Å². The summed E-state index contributed by atoms with van der Waals surface area (Å²) < 4.78 is 36.3. The van der Waals surface area contributed by atoms with E-state index in [1.807, 2.05) is 0 Å². The first-order chi connectivity index (χ1) is 9.36. The standard InChI is InChI=1S/C11H11F2NO6/c1-2-19-10(11(15)16)5-20-9-4-6(12)8(14(17)18)3-7(9)13/h3-4,10H,2,5H2,1H3,(H,15,16). The number of hydrogen-bond donors (Lipinski definition) is 1. The van der Waals surface area contributed by atoms with E-state index in [0.717, 1.165) is 0 Å². The summed E-state index contributed by atoms with van der Waals surface area (Å²) in [6.07, 6.45) is -1.35. The zero-order chi connectivity index (χ0) is 15.3. The van der Waals surface area contributed by atoms with Gasteiger partial charge in [0.05, 0.1) is 11.0 Å². The number of carboxylic acid groups (broad SMARTS) is 1. The van der Waals surface area contributed by atoms with Gasteiger partial charge >= 0.3 is 11.7 Å². The summed E-state index contributed by atoms with van der Waals surface area (Å²) in [6, 6.07) is 0.847. The fourth-order valence-corrected chi connectivity index (χ4v) is 1.33. The lowest BCUT2D eigenvalue weighted by Gasteiger charge is -2.14. The molecular weight excluding hydrogens is 280 g/mol. The second-order valence-electron chi connectivity index (χ2n) is 3.58. The van der Waals surface area contributed by atoms with Crippen molar-refractivity contribution in [2.24, 2.45) is 0 Å². The molecule has 0 spiro atoms. The Bertz CT molecular complexity index is 522. The first kappa shape index (κ1) is 15.8. The van der Waals surface area contributed by atoms with E-state index in [0.29, 0.717) is 12.1 Å². The molecule has 1 aromatic rings. The first-order valence-electron chi connectivity index (χ1n) is 5.47. The molecule has 1 aromatic carbocycles. The molecule has 0 amide bonds. The Hall–Kier alpha value is -2.29. The molecule has 1 N–H and O–H groups in total. The van der Waals surface area contributed by atoms with E-state index in [1.54, 1.807) is 6.92 Å². The smallest absolute Gasteiger partial charge is 0.336 e. The molecule has 1 rings (SSSR count). The second-order valence-corrected chi connectivity index (χ2v) is 3.58. The van der Waals surface area contributed by atoms with Gasteiger partial charge in [0.1, 0.15) is 6.61 Å². The third-order valence-electron chi connectivity index (χ3n) is 2.23. The third-order valence-corrected chi connectivity index (χ3v) is 2.23. The molecule has 0 heterocycles. The van der Waals surface area contributed by atoms with Crippen molar-refractivity contribution in [3.63, 3.8) is 0 Å². The molecule has 0 fully saturated rings. The second kappa shape index (κ2) is 6.75. The molecule has 0 saturated heterocycles. The highest BCUT2D eigenvalue weighted by Crippen LogP contribution is 2.26. The molecule has 7 nitrogen and oxygen atoms in total. The van der Waals surface area contributed by atoms with Gasteiger partial charge < -0.3 is 14.6 Å². The molecule has 0 aromatic heterocycles. The van der Waals surface area contributed by atoms with Crippen molar-refractivity contribution < 1.29 is 33.1 Å². The minimum absolute atomic E-state index is 0.0947. The average molecular weight is 291 g/mol. The predicted octanol–water partition coefficient (Wildman–Crippen LogP) is 1.74. The Morgan fingerprint density at radius 1 is 1.45 bits per heavy atom. The maximum absolute atomic E-state index is 13.4.